The molecular weight excluding hydrogens is 338 g/mol. The predicted octanol–water partition coefficient (Wildman–Crippen LogP) is 5.25. The average Bonchev–Trinajstić information content (AvgIpc) is 2.74. The van der Waals surface area contributed by atoms with Crippen LogP contribution in [0.4, 0.5) is 5.69 Å². The van der Waals surface area contributed by atoms with E-state index in [2.05, 4.69) is 0 Å². The number of nitrogens with zero attached hydrogens (tertiary/aromatic N) is 1. The van der Waals surface area contributed by atoms with Crippen molar-refractivity contribution in [1.82, 2.24) is 0 Å². The Labute approximate surface area is 156 Å². The fourth-order valence-corrected chi connectivity index (χ4v) is 3.08. The number of rotatable bonds is 3. The topological polar surface area (TPSA) is 60.8 Å². The molecule has 0 atom stereocenters. The number of fused-ring (bicyclic) bond motifs is 1. The van der Waals surface area contributed by atoms with Gasteiger partial charge in [-0.15, -0.1) is 0 Å². The van der Waals surface area contributed by atoms with Gasteiger partial charge in [-0.2, -0.15) is 5.06 Å². The van der Waals surface area contributed by atoms with Crippen LogP contribution in [0.2, 0.25) is 0 Å². The summed E-state index contributed by atoms with van der Waals surface area (Å²) in [6.45, 7) is 0. The summed E-state index contributed by atoms with van der Waals surface area (Å²) in [5, 5.41) is 22.7. The number of benzene rings is 4. The third-order valence-electron chi connectivity index (χ3n) is 4.54. The van der Waals surface area contributed by atoms with Crippen molar-refractivity contribution in [2.75, 3.05) is 5.06 Å². The SMILES string of the molecule is O=C(c1ccc(-c2ccccc2)cc1)N(O)c1ccc2ccccc2c1O. The lowest BCUT2D eigenvalue weighted by Crippen LogP contribution is -2.27. The van der Waals surface area contributed by atoms with Crippen LogP contribution in [0.25, 0.3) is 21.9 Å². The molecule has 4 aromatic rings. The smallest absolute Gasteiger partial charge is 0.282 e. The van der Waals surface area contributed by atoms with Crippen LogP contribution in [-0.2, 0) is 0 Å². The van der Waals surface area contributed by atoms with Gasteiger partial charge in [0.15, 0.2) is 0 Å². The quantitative estimate of drug-likeness (QED) is 0.390. The van der Waals surface area contributed by atoms with Crippen molar-refractivity contribution in [2.45, 2.75) is 0 Å². The summed E-state index contributed by atoms with van der Waals surface area (Å²) in [7, 11) is 0. The van der Waals surface area contributed by atoms with E-state index in [1.54, 1.807) is 30.3 Å². The van der Waals surface area contributed by atoms with Gasteiger partial charge in [0.2, 0.25) is 0 Å². The first kappa shape index (κ1) is 16.8. The normalized spacial score (nSPS) is 10.7. The molecular formula is C23H17NO3. The van der Waals surface area contributed by atoms with E-state index >= 15 is 0 Å². The molecule has 132 valence electrons. The maximum atomic E-state index is 12.6. The number of hydrogen-bond donors (Lipinski definition) is 2. The highest BCUT2D eigenvalue weighted by molar-refractivity contribution is 6.07. The molecule has 0 fully saturated rings. The van der Waals surface area contributed by atoms with Crippen LogP contribution >= 0.6 is 0 Å². The number of aromatic hydroxyl groups is 1. The van der Waals surface area contributed by atoms with E-state index in [4.69, 9.17) is 0 Å². The molecule has 4 heteroatoms. The fourth-order valence-electron chi connectivity index (χ4n) is 3.08. The molecule has 4 nitrogen and oxygen atoms in total. The highest BCUT2D eigenvalue weighted by Gasteiger charge is 2.20. The second-order valence-corrected chi connectivity index (χ2v) is 6.21. The highest BCUT2D eigenvalue weighted by Crippen LogP contribution is 2.35. The summed E-state index contributed by atoms with van der Waals surface area (Å²) in [5.74, 6) is -0.745. The average molecular weight is 355 g/mol. The number of carbonyl (C=O) groups excluding carboxylic acids is 1. The minimum atomic E-state index is -0.611. The van der Waals surface area contributed by atoms with Crippen molar-refractivity contribution in [3.05, 3.63) is 96.6 Å². The van der Waals surface area contributed by atoms with Gasteiger partial charge in [0, 0.05) is 10.9 Å². The number of hydroxylamine groups is 1. The van der Waals surface area contributed by atoms with E-state index in [0.29, 0.717) is 16.0 Å². The molecule has 0 spiro atoms. The van der Waals surface area contributed by atoms with Gasteiger partial charge in [-0.25, -0.2) is 0 Å². The molecule has 0 aliphatic heterocycles. The molecule has 0 saturated carbocycles. The first-order valence-corrected chi connectivity index (χ1v) is 8.55. The number of amides is 1. The van der Waals surface area contributed by atoms with Crippen LogP contribution in [0.1, 0.15) is 10.4 Å². The molecule has 0 unspecified atom stereocenters. The summed E-state index contributed by atoms with van der Waals surface area (Å²) in [6.07, 6.45) is 0. The van der Waals surface area contributed by atoms with Gasteiger partial charge in [0.25, 0.3) is 5.91 Å². The first-order valence-electron chi connectivity index (χ1n) is 8.55. The van der Waals surface area contributed by atoms with E-state index in [1.807, 2.05) is 54.6 Å². The van der Waals surface area contributed by atoms with Crippen molar-refractivity contribution >= 4 is 22.4 Å². The summed E-state index contributed by atoms with van der Waals surface area (Å²) in [4.78, 5) is 12.6. The van der Waals surface area contributed by atoms with Gasteiger partial charge in [0.05, 0.1) is 0 Å². The van der Waals surface area contributed by atoms with Gasteiger partial charge < -0.3 is 5.11 Å². The van der Waals surface area contributed by atoms with Crippen LogP contribution in [0.5, 0.6) is 5.75 Å². The molecule has 0 aromatic heterocycles. The van der Waals surface area contributed by atoms with Crippen molar-refractivity contribution in [1.29, 1.82) is 0 Å². The largest absolute Gasteiger partial charge is 0.505 e. The summed E-state index contributed by atoms with van der Waals surface area (Å²) in [6, 6.07) is 27.3. The van der Waals surface area contributed by atoms with Gasteiger partial charge in [0.1, 0.15) is 11.4 Å². The van der Waals surface area contributed by atoms with Crippen molar-refractivity contribution in [2.24, 2.45) is 0 Å². The zero-order valence-corrected chi connectivity index (χ0v) is 14.4. The van der Waals surface area contributed by atoms with Crippen molar-refractivity contribution in [3.8, 4) is 16.9 Å². The Morgan fingerprint density at radius 3 is 2.07 bits per heavy atom. The van der Waals surface area contributed by atoms with E-state index in [9.17, 15) is 15.1 Å². The third-order valence-corrected chi connectivity index (χ3v) is 4.54. The second-order valence-electron chi connectivity index (χ2n) is 6.21. The van der Waals surface area contributed by atoms with Crippen LogP contribution in [-0.4, -0.2) is 16.2 Å². The number of anilines is 1. The minimum Gasteiger partial charge on any atom is -0.505 e. The van der Waals surface area contributed by atoms with E-state index in [-0.39, 0.29) is 11.4 Å². The summed E-state index contributed by atoms with van der Waals surface area (Å²) in [5.41, 5.74) is 2.39. The number of phenolic OH excluding ortho intramolecular Hbond substituents is 1. The second kappa shape index (κ2) is 6.94. The lowest BCUT2D eigenvalue weighted by molar-refractivity contribution is 0.0853. The summed E-state index contributed by atoms with van der Waals surface area (Å²) >= 11 is 0. The molecule has 4 rings (SSSR count). The molecule has 2 N–H and O–H groups in total. The van der Waals surface area contributed by atoms with E-state index in [1.165, 1.54) is 6.07 Å². The molecule has 0 heterocycles. The minimum absolute atomic E-state index is 0.0471. The van der Waals surface area contributed by atoms with Crippen LogP contribution < -0.4 is 5.06 Å². The Morgan fingerprint density at radius 1 is 0.704 bits per heavy atom. The number of phenols is 1. The van der Waals surface area contributed by atoms with Crippen molar-refractivity contribution < 1.29 is 15.1 Å². The lowest BCUT2D eigenvalue weighted by atomic mass is 10.0. The van der Waals surface area contributed by atoms with E-state index in [0.717, 1.165) is 16.5 Å². The Morgan fingerprint density at radius 2 is 1.33 bits per heavy atom. The van der Waals surface area contributed by atoms with Crippen LogP contribution in [0.3, 0.4) is 0 Å². The maximum Gasteiger partial charge on any atom is 0.282 e. The molecule has 0 aliphatic rings. The van der Waals surface area contributed by atoms with Gasteiger partial charge in [-0.1, -0.05) is 72.8 Å². The zero-order valence-electron chi connectivity index (χ0n) is 14.4. The maximum absolute atomic E-state index is 12.6. The third kappa shape index (κ3) is 3.14. The lowest BCUT2D eigenvalue weighted by Gasteiger charge is -2.17. The molecule has 4 aromatic carbocycles. The highest BCUT2D eigenvalue weighted by atomic mass is 16.5. The van der Waals surface area contributed by atoms with E-state index < -0.39 is 5.91 Å². The van der Waals surface area contributed by atoms with Crippen molar-refractivity contribution in [3.63, 3.8) is 0 Å². The number of hydrogen-bond acceptors (Lipinski definition) is 3. The van der Waals surface area contributed by atoms with Gasteiger partial charge >= 0.3 is 0 Å². The molecule has 1 amide bonds. The van der Waals surface area contributed by atoms with Crippen LogP contribution in [0.15, 0.2) is 91.0 Å². The molecule has 0 radical (unpaired) electrons. The van der Waals surface area contributed by atoms with Crippen LogP contribution in [0, 0.1) is 0 Å². The molecule has 0 bridgehead atoms. The summed E-state index contributed by atoms with van der Waals surface area (Å²) < 4.78 is 0. The first-order chi connectivity index (χ1) is 13.1. The van der Waals surface area contributed by atoms with Gasteiger partial charge in [-0.3, -0.25) is 10.0 Å². The Balaban J connectivity index is 1.64. The molecule has 0 saturated heterocycles. The molecule has 0 aliphatic carbocycles. The monoisotopic (exact) mass is 355 g/mol. The zero-order chi connectivity index (χ0) is 18.8. The Kier molecular flexibility index (Phi) is 4.32. The predicted molar refractivity (Wildman–Crippen MR) is 106 cm³/mol. The standard InChI is InChI=1S/C23H17NO3/c25-22-20-9-5-4-8-18(20)14-15-21(22)24(27)23(26)19-12-10-17(11-13-19)16-6-2-1-3-7-16/h1-15,25,27H. The fraction of sp³-hybridized carbons (Fsp3) is 0. The number of carbonyl (C=O) groups is 1. The Bertz CT molecular complexity index is 1110. The van der Waals surface area contributed by atoms with Gasteiger partial charge in [-0.05, 0) is 34.7 Å². The molecule has 27 heavy (non-hydrogen) atoms. The Hall–Kier alpha value is -3.63.